The molecule has 0 heterocycles. The third-order valence-corrected chi connectivity index (χ3v) is 5.78. The molecule has 0 aromatic heterocycles. The van der Waals surface area contributed by atoms with Crippen LogP contribution in [0.15, 0.2) is 46.2 Å². The minimum atomic E-state index is -5.73. The van der Waals surface area contributed by atoms with E-state index in [9.17, 15) is 34.8 Å². The average molecular weight is 392 g/mol. The molecule has 2 N–H and O–H groups in total. The lowest BCUT2D eigenvalue weighted by atomic mass is 9.78. The zero-order valence-corrected chi connectivity index (χ0v) is 14.7. The van der Waals surface area contributed by atoms with Gasteiger partial charge in [0.15, 0.2) is 4.90 Å². The molecule has 25 heavy (non-hydrogen) atoms. The summed E-state index contributed by atoms with van der Waals surface area (Å²) in [5, 5.41) is 19.0. The van der Waals surface area contributed by atoms with E-state index in [4.69, 9.17) is 0 Å². The third-order valence-electron chi connectivity index (χ3n) is 3.84. The van der Waals surface area contributed by atoms with Crippen LogP contribution < -0.4 is 0 Å². The Balaban J connectivity index is 2.94. The van der Waals surface area contributed by atoms with E-state index in [0.717, 1.165) is 12.1 Å². The van der Waals surface area contributed by atoms with Crippen molar-refractivity contribution in [1.82, 2.24) is 0 Å². The predicted octanol–water partition coefficient (Wildman–Crippen LogP) is 2.74. The van der Waals surface area contributed by atoms with Crippen molar-refractivity contribution in [2.24, 2.45) is 0 Å². The van der Waals surface area contributed by atoms with Gasteiger partial charge in [0.2, 0.25) is 0 Å². The van der Waals surface area contributed by atoms with Gasteiger partial charge in [-0.3, -0.25) is 0 Å². The van der Waals surface area contributed by atoms with Crippen LogP contribution in [0.5, 0.6) is 11.5 Å². The summed E-state index contributed by atoms with van der Waals surface area (Å²) in [7, 11) is -11.4. The minimum absolute atomic E-state index is 0.0735. The molecule has 136 valence electrons. The molecule has 2 aromatic rings. The van der Waals surface area contributed by atoms with Gasteiger partial charge < -0.3 is 10.2 Å². The Morgan fingerprint density at radius 1 is 0.800 bits per heavy atom. The predicted molar refractivity (Wildman–Crippen MR) is 84.9 cm³/mol. The summed E-state index contributed by atoms with van der Waals surface area (Å²) in [4.78, 5) is -3.09. The molecule has 6 nitrogen and oxygen atoms in total. The fourth-order valence-electron chi connectivity index (χ4n) is 2.56. The topological polar surface area (TPSA) is 109 Å². The van der Waals surface area contributed by atoms with E-state index < -0.39 is 41.4 Å². The van der Waals surface area contributed by atoms with E-state index in [1.165, 1.54) is 38.1 Å². The molecule has 0 saturated carbocycles. The smallest absolute Gasteiger partial charge is 0.337 e. The molecule has 0 amide bonds. The fourth-order valence-corrected chi connectivity index (χ4v) is 4.71. The molecule has 0 bridgehead atoms. The van der Waals surface area contributed by atoms with Crippen LogP contribution in [0.25, 0.3) is 0 Å². The quantitative estimate of drug-likeness (QED) is 0.775. The Morgan fingerprint density at radius 2 is 1.28 bits per heavy atom. The highest BCUT2D eigenvalue weighted by atomic mass is 32.3. The number of phenols is 2. The normalized spacial score (nSPS) is 13.0. The van der Waals surface area contributed by atoms with Gasteiger partial charge >= 0.3 is 20.4 Å². The van der Waals surface area contributed by atoms with Gasteiger partial charge in [0.05, 0.1) is 0 Å². The second-order valence-corrected chi connectivity index (χ2v) is 8.41. The number of phenolic OH excluding ortho intramolecular Hbond substituents is 2. The van der Waals surface area contributed by atoms with Gasteiger partial charge in [-0.25, -0.2) is 0 Å². The van der Waals surface area contributed by atoms with Crippen molar-refractivity contribution in [3.05, 3.63) is 47.5 Å². The van der Waals surface area contributed by atoms with Gasteiger partial charge in [-0.05, 0) is 29.3 Å². The number of benzene rings is 2. The standard InChI is InChI=1S/C15H14F2O6S2/c1-15(2,9-3-5-10(18)6-4-9)11-7-8-12(19)14(25(17,22)23)13(11)24(16,20)21/h3-8,18-19H,1-2H3. The van der Waals surface area contributed by atoms with Crippen molar-refractivity contribution in [2.45, 2.75) is 29.1 Å². The summed E-state index contributed by atoms with van der Waals surface area (Å²) < 4.78 is 73.1. The molecule has 0 saturated heterocycles. The lowest BCUT2D eigenvalue weighted by Gasteiger charge is -2.28. The number of aromatic hydroxyl groups is 2. The molecule has 0 radical (unpaired) electrons. The lowest BCUT2D eigenvalue weighted by Crippen LogP contribution is -2.23. The largest absolute Gasteiger partial charge is 0.508 e. The summed E-state index contributed by atoms with van der Waals surface area (Å²) in [6.45, 7) is 2.91. The zero-order valence-electron chi connectivity index (χ0n) is 13.1. The number of halogens is 2. The molecule has 0 unspecified atom stereocenters. The SMILES string of the molecule is CC(C)(c1ccc(O)cc1)c1ccc(O)c(S(=O)(=O)F)c1S(=O)(=O)F. The maximum absolute atomic E-state index is 13.9. The molecule has 2 aromatic carbocycles. The van der Waals surface area contributed by atoms with E-state index in [1.807, 2.05) is 0 Å². The molecule has 0 aliphatic rings. The first-order valence-corrected chi connectivity index (χ1v) is 9.58. The first-order chi connectivity index (χ1) is 11.3. The van der Waals surface area contributed by atoms with Crippen LogP contribution in [0.2, 0.25) is 0 Å². The Bertz CT molecular complexity index is 1030. The molecule has 0 spiro atoms. The first kappa shape index (κ1) is 19.1. The average Bonchev–Trinajstić information content (AvgIpc) is 2.44. The Morgan fingerprint density at radius 3 is 1.72 bits per heavy atom. The minimum Gasteiger partial charge on any atom is -0.508 e. The van der Waals surface area contributed by atoms with Crippen molar-refractivity contribution in [2.75, 3.05) is 0 Å². The van der Waals surface area contributed by atoms with Crippen molar-refractivity contribution in [3.8, 4) is 11.5 Å². The highest BCUT2D eigenvalue weighted by molar-refractivity contribution is 7.89. The first-order valence-electron chi connectivity index (χ1n) is 6.81. The molecule has 0 aliphatic carbocycles. The van der Waals surface area contributed by atoms with Crippen LogP contribution in [0.4, 0.5) is 7.77 Å². The summed E-state index contributed by atoms with van der Waals surface area (Å²) in [5.41, 5.74) is -1.27. The van der Waals surface area contributed by atoms with Gasteiger partial charge in [-0.15, -0.1) is 7.77 Å². The van der Waals surface area contributed by atoms with Crippen molar-refractivity contribution < 1.29 is 34.8 Å². The van der Waals surface area contributed by atoms with E-state index in [1.54, 1.807) is 0 Å². The highest BCUT2D eigenvalue weighted by Crippen LogP contribution is 2.42. The summed E-state index contributed by atoms with van der Waals surface area (Å²) in [5.74, 6) is -1.29. The molecular formula is C15H14F2O6S2. The van der Waals surface area contributed by atoms with Crippen molar-refractivity contribution in [3.63, 3.8) is 0 Å². The zero-order chi connectivity index (χ0) is 19.2. The van der Waals surface area contributed by atoms with Crippen LogP contribution in [0.1, 0.15) is 25.0 Å². The van der Waals surface area contributed by atoms with Crippen LogP contribution in [-0.4, -0.2) is 27.0 Å². The maximum Gasteiger partial charge on any atom is 0.337 e. The number of hydrogen-bond donors (Lipinski definition) is 2. The van der Waals surface area contributed by atoms with Gasteiger partial charge in [0.25, 0.3) is 0 Å². The van der Waals surface area contributed by atoms with Crippen LogP contribution >= 0.6 is 0 Å². The maximum atomic E-state index is 13.9. The van der Waals surface area contributed by atoms with E-state index in [0.29, 0.717) is 5.56 Å². The Kier molecular flexibility index (Phi) is 4.56. The fraction of sp³-hybridized carbons (Fsp3) is 0.200. The van der Waals surface area contributed by atoms with Gasteiger partial charge in [0.1, 0.15) is 16.4 Å². The van der Waals surface area contributed by atoms with E-state index >= 15 is 0 Å². The Hall–Kier alpha value is -2.20. The molecular weight excluding hydrogens is 378 g/mol. The van der Waals surface area contributed by atoms with Gasteiger partial charge in [-0.2, -0.15) is 16.8 Å². The molecule has 10 heteroatoms. The van der Waals surface area contributed by atoms with Crippen molar-refractivity contribution >= 4 is 20.4 Å². The van der Waals surface area contributed by atoms with Gasteiger partial charge in [-0.1, -0.05) is 32.0 Å². The third kappa shape index (κ3) is 3.59. The van der Waals surface area contributed by atoms with Gasteiger partial charge in [0, 0.05) is 5.41 Å². The monoisotopic (exact) mass is 392 g/mol. The van der Waals surface area contributed by atoms with E-state index in [2.05, 4.69) is 0 Å². The second-order valence-electron chi connectivity index (χ2n) is 5.84. The van der Waals surface area contributed by atoms with Crippen LogP contribution in [-0.2, 0) is 25.9 Å². The summed E-state index contributed by atoms with van der Waals surface area (Å²) in [6, 6.07) is 7.21. The number of rotatable bonds is 4. The lowest BCUT2D eigenvalue weighted by molar-refractivity contribution is 0.444. The molecule has 0 fully saturated rings. The molecule has 0 aliphatic heterocycles. The summed E-state index contributed by atoms with van der Waals surface area (Å²) >= 11 is 0. The van der Waals surface area contributed by atoms with Crippen LogP contribution in [0, 0.1) is 0 Å². The van der Waals surface area contributed by atoms with Crippen LogP contribution in [0.3, 0.4) is 0 Å². The summed E-state index contributed by atoms with van der Waals surface area (Å²) in [6.07, 6.45) is 0. The van der Waals surface area contributed by atoms with E-state index in [-0.39, 0.29) is 11.3 Å². The second kappa shape index (κ2) is 5.95. The highest BCUT2D eigenvalue weighted by Gasteiger charge is 2.38. The van der Waals surface area contributed by atoms with Crippen molar-refractivity contribution in [1.29, 1.82) is 0 Å². The number of hydrogen-bond acceptors (Lipinski definition) is 6. The Labute approximate surface area is 143 Å². The molecule has 0 atom stereocenters. The molecule has 2 rings (SSSR count).